The van der Waals surface area contributed by atoms with E-state index < -0.39 is 0 Å². The summed E-state index contributed by atoms with van der Waals surface area (Å²) in [5.41, 5.74) is 3.74. The molecule has 1 aliphatic rings. The van der Waals surface area contributed by atoms with E-state index in [1.165, 1.54) is 16.7 Å². The van der Waals surface area contributed by atoms with Gasteiger partial charge in [-0.1, -0.05) is 30.3 Å². The molecule has 0 spiro atoms. The molecule has 0 saturated carbocycles. The van der Waals surface area contributed by atoms with Crippen molar-refractivity contribution in [1.29, 1.82) is 0 Å². The first-order valence-corrected chi connectivity index (χ1v) is 9.34. The number of nitrogens with zero attached hydrogens (tertiary/aromatic N) is 1. The van der Waals surface area contributed by atoms with Gasteiger partial charge in [-0.25, -0.2) is 0 Å². The molecule has 1 saturated heterocycles. The normalized spacial score (nSPS) is 15.6. The molecular formula is C22H28N2O2. The zero-order chi connectivity index (χ0) is 18.4. The number of ether oxygens (including phenoxy) is 1. The van der Waals surface area contributed by atoms with Crippen LogP contribution in [0.1, 0.15) is 25.3 Å². The number of benzene rings is 2. The van der Waals surface area contributed by atoms with Crippen LogP contribution in [0.4, 0.5) is 0 Å². The van der Waals surface area contributed by atoms with Crippen molar-refractivity contribution in [2.45, 2.75) is 26.3 Å². The highest BCUT2D eigenvalue weighted by Gasteiger charge is 2.19. The molecule has 4 nitrogen and oxygen atoms in total. The molecule has 26 heavy (non-hydrogen) atoms. The third-order valence-electron chi connectivity index (χ3n) is 5.08. The summed E-state index contributed by atoms with van der Waals surface area (Å²) in [5.74, 6) is 1.56. The monoisotopic (exact) mass is 352 g/mol. The highest BCUT2D eigenvalue weighted by Crippen LogP contribution is 2.25. The lowest BCUT2D eigenvalue weighted by Crippen LogP contribution is -2.37. The van der Waals surface area contributed by atoms with Gasteiger partial charge in [-0.2, -0.15) is 0 Å². The van der Waals surface area contributed by atoms with E-state index >= 15 is 0 Å². The van der Waals surface area contributed by atoms with Gasteiger partial charge in [0.15, 0.2) is 0 Å². The summed E-state index contributed by atoms with van der Waals surface area (Å²) in [6.45, 7) is 5.56. The van der Waals surface area contributed by atoms with Gasteiger partial charge in [-0.3, -0.25) is 9.69 Å². The molecule has 3 rings (SSSR count). The third-order valence-corrected chi connectivity index (χ3v) is 5.08. The van der Waals surface area contributed by atoms with Crippen LogP contribution in [0.3, 0.4) is 0 Å². The van der Waals surface area contributed by atoms with Gasteiger partial charge in [0, 0.05) is 20.0 Å². The van der Waals surface area contributed by atoms with Gasteiger partial charge in [-0.15, -0.1) is 0 Å². The minimum atomic E-state index is 0.0711. The Morgan fingerprint density at radius 3 is 2.50 bits per heavy atom. The van der Waals surface area contributed by atoms with E-state index in [2.05, 4.69) is 46.6 Å². The molecule has 4 heteroatoms. The quantitative estimate of drug-likeness (QED) is 0.862. The average molecular weight is 352 g/mol. The highest BCUT2D eigenvalue weighted by atomic mass is 16.5. The zero-order valence-corrected chi connectivity index (χ0v) is 15.7. The highest BCUT2D eigenvalue weighted by molar-refractivity contribution is 5.72. The summed E-state index contributed by atoms with van der Waals surface area (Å²) in [4.78, 5) is 13.6. The lowest BCUT2D eigenvalue weighted by molar-refractivity contribution is -0.119. The van der Waals surface area contributed by atoms with E-state index in [1.54, 1.807) is 14.0 Å². The lowest BCUT2D eigenvalue weighted by Gasteiger charge is -2.32. The molecule has 1 N–H and O–H groups in total. The fraction of sp³-hybridized carbons (Fsp3) is 0.409. The van der Waals surface area contributed by atoms with Crippen LogP contribution in [0.5, 0.6) is 5.75 Å². The number of nitrogens with one attached hydrogen (secondary N) is 1. The van der Waals surface area contributed by atoms with Gasteiger partial charge >= 0.3 is 0 Å². The molecule has 1 amide bonds. The molecule has 0 atom stereocenters. The van der Waals surface area contributed by atoms with Crippen LogP contribution >= 0.6 is 0 Å². The van der Waals surface area contributed by atoms with E-state index in [4.69, 9.17) is 4.74 Å². The number of likely N-dealkylation sites (tertiary alicyclic amines) is 1. The molecule has 2 aromatic rings. The average Bonchev–Trinajstić information content (AvgIpc) is 2.68. The number of piperidine rings is 1. The summed E-state index contributed by atoms with van der Waals surface area (Å²) < 4.78 is 5.34. The number of amides is 1. The Balaban J connectivity index is 1.58. The molecule has 1 heterocycles. The van der Waals surface area contributed by atoms with Crippen LogP contribution in [0.2, 0.25) is 0 Å². The Labute approximate surface area is 156 Å². The number of hydrogen-bond acceptors (Lipinski definition) is 3. The van der Waals surface area contributed by atoms with E-state index in [0.29, 0.717) is 5.92 Å². The van der Waals surface area contributed by atoms with Gasteiger partial charge in [0.2, 0.25) is 5.91 Å². The minimum Gasteiger partial charge on any atom is -0.497 e. The predicted octanol–water partition coefficient (Wildman–Crippen LogP) is 3.71. The fourth-order valence-electron chi connectivity index (χ4n) is 3.55. The summed E-state index contributed by atoms with van der Waals surface area (Å²) >= 11 is 0. The molecule has 138 valence electrons. The maximum absolute atomic E-state index is 11.1. The molecule has 0 aromatic heterocycles. The van der Waals surface area contributed by atoms with Crippen LogP contribution < -0.4 is 10.1 Å². The van der Waals surface area contributed by atoms with Crippen molar-refractivity contribution in [2.24, 2.45) is 5.92 Å². The molecule has 0 bridgehead atoms. The zero-order valence-electron chi connectivity index (χ0n) is 15.7. The van der Waals surface area contributed by atoms with Gasteiger partial charge in [0.25, 0.3) is 0 Å². The van der Waals surface area contributed by atoms with Crippen molar-refractivity contribution >= 4 is 5.91 Å². The van der Waals surface area contributed by atoms with E-state index in [1.807, 2.05) is 12.1 Å². The summed E-state index contributed by atoms with van der Waals surface area (Å²) in [6, 6.07) is 17.0. The van der Waals surface area contributed by atoms with Crippen molar-refractivity contribution in [3.8, 4) is 16.9 Å². The van der Waals surface area contributed by atoms with Crippen molar-refractivity contribution in [1.82, 2.24) is 10.2 Å². The molecular weight excluding hydrogens is 324 g/mol. The maximum Gasteiger partial charge on any atom is 0.216 e. The van der Waals surface area contributed by atoms with E-state index in [-0.39, 0.29) is 5.91 Å². The number of carbonyl (C=O) groups is 1. The molecule has 0 unspecified atom stereocenters. The second kappa shape index (κ2) is 8.86. The first kappa shape index (κ1) is 18.5. The standard InChI is InChI=1S/C22H28N2O2/c1-17(25)23-15-18-9-11-24(12-10-18)16-19-5-3-6-20(13-19)21-7-4-8-22(14-21)26-2/h3-8,13-14,18H,9-12,15-16H2,1-2H3,(H,23,25). The summed E-state index contributed by atoms with van der Waals surface area (Å²) in [5, 5.41) is 2.95. The van der Waals surface area contributed by atoms with Crippen LogP contribution in [0, 0.1) is 5.92 Å². The second-order valence-electron chi connectivity index (χ2n) is 7.09. The molecule has 1 aliphatic heterocycles. The molecule has 0 radical (unpaired) electrons. The fourth-order valence-corrected chi connectivity index (χ4v) is 3.55. The van der Waals surface area contributed by atoms with Gasteiger partial charge in [0.1, 0.15) is 5.75 Å². The molecule has 1 fully saturated rings. The van der Waals surface area contributed by atoms with Crippen molar-refractivity contribution < 1.29 is 9.53 Å². The van der Waals surface area contributed by atoms with Crippen LogP contribution in [-0.2, 0) is 11.3 Å². The van der Waals surface area contributed by atoms with Crippen molar-refractivity contribution in [2.75, 3.05) is 26.7 Å². The van der Waals surface area contributed by atoms with Crippen LogP contribution in [0.15, 0.2) is 48.5 Å². The Kier molecular flexibility index (Phi) is 6.29. The smallest absolute Gasteiger partial charge is 0.216 e. The number of rotatable bonds is 6. The predicted molar refractivity (Wildman–Crippen MR) is 105 cm³/mol. The Morgan fingerprint density at radius 2 is 1.81 bits per heavy atom. The first-order valence-electron chi connectivity index (χ1n) is 9.34. The Bertz CT molecular complexity index is 736. The van der Waals surface area contributed by atoms with Crippen LogP contribution in [0.25, 0.3) is 11.1 Å². The first-order chi connectivity index (χ1) is 12.6. The largest absolute Gasteiger partial charge is 0.497 e. The van der Waals surface area contributed by atoms with Gasteiger partial charge < -0.3 is 10.1 Å². The number of methoxy groups -OCH3 is 1. The van der Waals surface area contributed by atoms with Gasteiger partial charge in [-0.05, 0) is 66.7 Å². The molecule has 2 aromatic carbocycles. The Morgan fingerprint density at radius 1 is 1.12 bits per heavy atom. The number of carbonyl (C=O) groups excluding carboxylic acids is 1. The number of hydrogen-bond donors (Lipinski definition) is 1. The van der Waals surface area contributed by atoms with Crippen LogP contribution in [-0.4, -0.2) is 37.6 Å². The molecule has 0 aliphatic carbocycles. The van der Waals surface area contributed by atoms with E-state index in [0.717, 1.165) is 44.8 Å². The third kappa shape index (κ3) is 5.09. The summed E-state index contributed by atoms with van der Waals surface area (Å²) in [6.07, 6.45) is 2.30. The second-order valence-corrected chi connectivity index (χ2v) is 7.09. The SMILES string of the molecule is COc1cccc(-c2cccc(CN3CCC(CNC(C)=O)CC3)c2)c1. The lowest BCUT2D eigenvalue weighted by atomic mass is 9.96. The van der Waals surface area contributed by atoms with Gasteiger partial charge in [0.05, 0.1) is 7.11 Å². The van der Waals surface area contributed by atoms with Crippen molar-refractivity contribution in [3.05, 3.63) is 54.1 Å². The maximum atomic E-state index is 11.1. The minimum absolute atomic E-state index is 0.0711. The van der Waals surface area contributed by atoms with Crippen molar-refractivity contribution in [3.63, 3.8) is 0 Å². The topological polar surface area (TPSA) is 41.6 Å². The Hall–Kier alpha value is -2.33. The summed E-state index contributed by atoms with van der Waals surface area (Å²) in [7, 11) is 1.70. The van der Waals surface area contributed by atoms with E-state index in [9.17, 15) is 4.79 Å².